The molecule has 1 heterocycles. The quantitative estimate of drug-likeness (QED) is 0.657. The van der Waals surface area contributed by atoms with Crippen molar-refractivity contribution in [3.8, 4) is 0 Å². The molecule has 17 heavy (non-hydrogen) atoms. The lowest BCUT2D eigenvalue weighted by atomic mass is 9.87. The van der Waals surface area contributed by atoms with Gasteiger partial charge < -0.3 is 10.0 Å². The average molecular weight is 241 g/mol. The van der Waals surface area contributed by atoms with Crippen molar-refractivity contribution < 1.29 is 5.11 Å². The minimum atomic E-state index is -0.379. The second-order valence-electron chi connectivity index (χ2n) is 5.94. The molecule has 0 saturated carbocycles. The van der Waals surface area contributed by atoms with E-state index in [9.17, 15) is 5.11 Å². The highest BCUT2D eigenvalue weighted by atomic mass is 16.3. The topological polar surface area (TPSA) is 23.5 Å². The van der Waals surface area contributed by atoms with E-state index in [0.717, 1.165) is 32.4 Å². The van der Waals surface area contributed by atoms with Gasteiger partial charge >= 0.3 is 0 Å². The molecule has 1 unspecified atom stereocenters. The molecule has 2 nitrogen and oxygen atoms in total. The van der Waals surface area contributed by atoms with E-state index in [1.165, 1.54) is 44.9 Å². The average Bonchev–Trinajstić information content (AvgIpc) is 2.27. The van der Waals surface area contributed by atoms with Crippen molar-refractivity contribution in [2.24, 2.45) is 0 Å². The smallest absolute Gasteiger partial charge is 0.0774 e. The van der Waals surface area contributed by atoms with Crippen LogP contribution in [-0.4, -0.2) is 35.7 Å². The summed E-state index contributed by atoms with van der Waals surface area (Å²) in [5.74, 6) is 0. The number of β-amino-alcohol motifs (C(OH)–C–C–N with tert-alkyl or cyclic N) is 1. The fraction of sp³-hybridized carbons (Fsp3) is 1.00. The van der Waals surface area contributed by atoms with Crippen molar-refractivity contribution in [2.45, 2.75) is 76.7 Å². The molecule has 1 N–H and O–H groups in total. The second-order valence-corrected chi connectivity index (χ2v) is 5.94. The lowest BCUT2D eigenvalue weighted by Crippen LogP contribution is -2.46. The second kappa shape index (κ2) is 8.10. The number of piperidine rings is 1. The van der Waals surface area contributed by atoms with Gasteiger partial charge in [0.1, 0.15) is 0 Å². The Hall–Kier alpha value is -0.0800. The third-order valence-corrected chi connectivity index (χ3v) is 3.99. The van der Waals surface area contributed by atoms with E-state index in [2.05, 4.69) is 18.9 Å². The molecular formula is C15H31NO. The standard InChI is InChI=1S/C15H31NO/c1-3-4-5-6-7-8-9-11-15(17)12-10-13-16(2)14-15/h17H,3-14H2,1-2H3. The zero-order valence-electron chi connectivity index (χ0n) is 11.9. The monoisotopic (exact) mass is 241 g/mol. The first-order chi connectivity index (χ1) is 8.16. The number of unbranched alkanes of at least 4 members (excludes halogenated alkanes) is 6. The molecule has 1 atom stereocenters. The molecule has 0 aromatic heterocycles. The van der Waals surface area contributed by atoms with E-state index in [-0.39, 0.29) is 5.60 Å². The molecule has 0 aromatic rings. The fourth-order valence-corrected chi connectivity index (χ4v) is 2.95. The van der Waals surface area contributed by atoms with Crippen molar-refractivity contribution in [3.05, 3.63) is 0 Å². The van der Waals surface area contributed by atoms with Gasteiger partial charge in [0.2, 0.25) is 0 Å². The highest BCUT2D eigenvalue weighted by molar-refractivity contribution is 4.85. The van der Waals surface area contributed by atoms with Gasteiger partial charge in [-0.2, -0.15) is 0 Å². The summed E-state index contributed by atoms with van der Waals surface area (Å²) >= 11 is 0. The largest absolute Gasteiger partial charge is 0.389 e. The Bertz CT molecular complexity index is 195. The Kier molecular flexibility index (Phi) is 7.14. The molecule has 102 valence electrons. The van der Waals surface area contributed by atoms with Gasteiger partial charge in [-0.05, 0) is 32.9 Å². The number of likely N-dealkylation sites (N-methyl/N-ethyl adjacent to an activating group) is 1. The molecule has 2 heteroatoms. The summed E-state index contributed by atoms with van der Waals surface area (Å²) in [7, 11) is 2.12. The number of hydrogen-bond acceptors (Lipinski definition) is 2. The molecule has 1 fully saturated rings. The zero-order chi connectivity index (χ0) is 12.6. The van der Waals surface area contributed by atoms with Gasteiger partial charge in [0.25, 0.3) is 0 Å². The van der Waals surface area contributed by atoms with Crippen LogP contribution in [-0.2, 0) is 0 Å². The van der Waals surface area contributed by atoms with Crippen molar-refractivity contribution in [2.75, 3.05) is 20.1 Å². The Morgan fingerprint density at radius 1 is 1.06 bits per heavy atom. The van der Waals surface area contributed by atoms with Gasteiger partial charge in [0, 0.05) is 6.54 Å². The molecule has 1 saturated heterocycles. The van der Waals surface area contributed by atoms with Crippen LogP contribution in [0.4, 0.5) is 0 Å². The molecule has 0 aromatic carbocycles. The van der Waals surface area contributed by atoms with E-state index in [1.54, 1.807) is 0 Å². The van der Waals surface area contributed by atoms with Crippen LogP contribution >= 0.6 is 0 Å². The van der Waals surface area contributed by atoms with Crippen LogP contribution < -0.4 is 0 Å². The van der Waals surface area contributed by atoms with Crippen LogP contribution in [0.15, 0.2) is 0 Å². The predicted molar refractivity (Wildman–Crippen MR) is 74.3 cm³/mol. The summed E-state index contributed by atoms with van der Waals surface area (Å²) in [5.41, 5.74) is -0.379. The Morgan fingerprint density at radius 3 is 2.35 bits per heavy atom. The van der Waals surface area contributed by atoms with Crippen molar-refractivity contribution in [1.29, 1.82) is 0 Å². The van der Waals surface area contributed by atoms with E-state index in [1.807, 2.05) is 0 Å². The predicted octanol–water partition coefficient (Wildman–Crippen LogP) is 3.58. The van der Waals surface area contributed by atoms with Gasteiger partial charge in [0.05, 0.1) is 5.60 Å². The van der Waals surface area contributed by atoms with Crippen molar-refractivity contribution in [3.63, 3.8) is 0 Å². The first kappa shape index (κ1) is 15.0. The van der Waals surface area contributed by atoms with Crippen LogP contribution in [0.25, 0.3) is 0 Å². The summed E-state index contributed by atoms with van der Waals surface area (Å²) in [6, 6.07) is 0. The molecule has 1 rings (SSSR count). The molecule has 1 aliphatic rings. The summed E-state index contributed by atoms with van der Waals surface area (Å²) in [6.07, 6.45) is 12.5. The van der Waals surface area contributed by atoms with E-state index in [4.69, 9.17) is 0 Å². The van der Waals surface area contributed by atoms with Crippen LogP contribution in [0.2, 0.25) is 0 Å². The Balaban J connectivity index is 2.01. The minimum Gasteiger partial charge on any atom is -0.389 e. The third kappa shape index (κ3) is 6.42. The molecular weight excluding hydrogens is 210 g/mol. The molecule has 0 spiro atoms. The number of rotatable bonds is 8. The Morgan fingerprint density at radius 2 is 1.71 bits per heavy atom. The van der Waals surface area contributed by atoms with Crippen LogP contribution in [0, 0.1) is 0 Å². The maximum atomic E-state index is 10.4. The highest BCUT2D eigenvalue weighted by Gasteiger charge is 2.30. The van der Waals surface area contributed by atoms with Crippen LogP contribution in [0.5, 0.6) is 0 Å². The Labute approximate surface area is 107 Å². The maximum absolute atomic E-state index is 10.4. The first-order valence-corrected chi connectivity index (χ1v) is 7.57. The molecule has 0 amide bonds. The molecule has 0 radical (unpaired) electrons. The van der Waals surface area contributed by atoms with E-state index >= 15 is 0 Å². The number of hydrogen-bond donors (Lipinski definition) is 1. The molecule has 1 aliphatic heterocycles. The van der Waals surface area contributed by atoms with E-state index in [0.29, 0.717) is 0 Å². The summed E-state index contributed by atoms with van der Waals surface area (Å²) < 4.78 is 0. The third-order valence-electron chi connectivity index (χ3n) is 3.99. The van der Waals surface area contributed by atoms with Gasteiger partial charge in [-0.3, -0.25) is 0 Å². The molecule has 0 bridgehead atoms. The van der Waals surface area contributed by atoms with Gasteiger partial charge in [-0.15, -0.1) is 0 Å². The highest BCUT2D eigenvalue weighted by Crippen LogP contribution is 2.26. The molecule has 0 aliphatic carbocycles. The van der Waals surface area contributed by atoms with Crippen LogP contribution in [0.1, 0.15) is 71.1 Å². The zero-order valence-corrected chi connectivity index (χ0v) is 11.9. The maximum Gasteiger partial charge on any atom is 0.0774 e. The summed E-state index contributed by atoms with van der Waals surface area (Å²) in [6.45, 7) is 4.29. The van der Waals surface area contributed by atoms with Crippen LogP contribution in [0.3, 0.4) is 0 Å². The summed E-state index contributed by atoms with van der Waals surface area (Å²) in [5, 5.41) is 10.4. The van der Waals surface area contributed by atoms with Crippen molar-refractivity contribution in [1.82, 2.24) is 4.90 Å². The minimum absolute atomic E-state index is 0.379. The lowest BCUT2D eigenvalue weighted by Gasteiger charge is -2.37. The number of nitrogens with zero attached hydrogens (tertiary/aromatic N) is 1. The SMILES string of the molecule is CCCCCCCCCC1(O)CCCN(C)C1. The van der Waals surface area contributed by atoms with Crippen molar-refractivity contribution >= 4 is 0 Å². The van der Waals surface area contributed by atoms with E-state index < -0.39 is 0 Å². The number of aliphatic hydroxyl groups is 1. The van der Waals surface area contributed by atoms with Gasteiger partial charge in [0.15, 0.2) is 0 Å². The summed E-state index contributed by atoms with van der Waals surface area (Å²) in [4.78, 5) is 2.27. The first-order valence-electron chi connectivity index (χ1n) is 7.57. The fourth-order valence-electron chi connectivity index (χ4n) is 2.95. The van der Waals surface area contributed by atoms with Gasteiger partial charge in [-0.1, -0.05) is 51.9 Å². The number of likely N-dealkylation sites (tertiary alicyclic amines) is 1. The lowest BCUT2D eigenvalue weighted by molar-refractivity contribution is -0.0311. The van der Waals surface area contributed by atoms with Gasteiger partial charge in [-0.25, -0.2) is 0 Å². The normalized spacial score (nSPS) is 26.3.